The van der Waals surface area contributed by atoms with Crippen LogP contribution in [0.2, 0.25) is 0 Å². The van der Waals surface area contributed by atoms with E-state index in [2.05, 4.69) is 25.8 Å². The first-order valence-corrected chi connectivity index (χ1v) is 8.34. The maximum absolute atomic E-state index is 12.8. The molecule has 0 bridgehead atoms. The summed E-state index contributed by atoms with van der Waals surface area (Å²) in [7, 11) is 0. The second-order valence-corrected chi connectivity index (χ2v) is 6.36. The van der Waals surface area contributed by atoms with Gasteiger partial charge in [-0.15, -0.1) is 0 Å². The maximum atomic E-state index is 12.8. The average molecular weight is 317 g/mol. The van der Waals surface area contributed by atoms with E-state index in [4.69, 9.17) is 4.74 Å². The van der Waals surface area contributed by atoms with Crippen LogP contribution in [0.4, 0.5) is 0 Å². The Bertz CT molecular complexity index is 549. The van der Waals surface area contributed by atoms with Gasteiger partial charge in [0.05, 0.1) is 25.3 Å². The van der Waals surface area contributed by atoms with Gasteiger partial charge in [-0.25, -0.2) is 0 Å². The molecule has 1 amide bonds. The van der Waals surface area contributed by atoms with Gasteiger partial charge in [0.15, 0.2) is 0 Å². The highest BCUT2D eigenvalue weighted by Crippen LogP contribution is 2.34. The molecule has 1 aromatic rings. The molecule has 0 saturated carbocycles. The lowest BCUT2D eigenvalue weighted by atomic mass is 9.78. The van der Waals surface area contributed by atoms with Crippen LogP contribution in [0.3, 0.4) is 0 Å². The molecular formula is C16H23N5O2. The Labute approximate surface area is 135 Å². The number of hydrogen-bond acceptors (Lipinski definition) is 6. The Hall–Kier alpha value is -1.54. The molecule has 3 aliphatic rings. The number of nitrogens with one attached hydrogen (secondary N) is 3. The Morgan fingerprint density at radius 2 is 2.00 bits per heavy atom. The molecule has 4 rings (SSSR count). The average Bonchev–Trinajstić information content (AvgIpc) is 2.62. The van der Waals surface area contributed by atoms with E-state index in [0.29, 0.717) is 0 Å². The van der Waals surface area contributed by atoms with Gasteiger partial charge in [0, 0.05) is 25.5 Å². The number of ether oxygens (including phenoxy) is 1. The number of amides is 1. The molecule has 4 heterocycles. The van der Waals surface area contributed by atoms with Crippen LogP contribution in [0.25, 0.3) is 0 Å². The van der Waals surface area contributed by atoms with E-state index in [0.717, 1.165) is 39.3 Å². The van der Waals surface area contributed by atoms with Crippen molar-refractivity contribution in [2.24, 2.45) is 5.92 Å². The van der Waals surface area contributed by atoms with Gasteiger partial charge in [-0.3, -0.25) is 20.0 Å². The van der Waals surface area contributed by atoms with Crippen LogP contribution < -0.4 is 16.0 Å². The van der Waals surface area contributed by atoms with Crippen LogP contribution in [-0.4, -0.2) is 61.1 Å². The summed E-state index contributed by atoms with van der Waals surface area (Å²) in [5, 5.41) is 10.2. The van der Waals surface area contributed by atoms with Crippen molar-refractivity contribution in [2.75, 3.05) is 32.8 Å². The molecular weight excluding hydrogens is 294 g/mol. The van der Waals surface area contributed by atoms with E-state index < -0.39 is 0 Å². The zero-order valence-corrected chi connectivity index (χ0v) is 13.1. The first kappa shape index (κ1) is 15.0. The smallest absolute Gasteiger partial charge is 0.228 e. The van der Waals surface area contributed by atoms with Crippen LogP contribution in [0.15, 0.2) is 24.5 Å². The zero-order chi connectivity index (χ0) is 15.6. The van der Waals surface area contributed by atoms with Crippen molar-refractivity contribution >= 4 is 5.91 Å². The van der Waals surface area contributed by atoms with E-state index in [1.54, 1.807) is 12.4 Å². The summed E-state index contributed by atoms with van der Waals surface area (Å²) in [6, 6.07) is 4.04. The molecule has 4 atom stereocenters. The first-order valence-electron chi connectivity index (χ1n) is 8.34. The van der Waals surface area contributed by atoms with Crippen LogP contribution in [0, 0.1) is 5.92 Å². The third kappa shape index (κ3) is 2.97. The summed E-state index contributed by atoms with van der Waals surface area (Å²) >= 11 is 0. The fourth-order valence-corrected chi connectivity index (χ4v) is 3.89. The molecule has 7 nitrogen and oxygen atoms in total. The number of morpholine rings is 1. The number of rotatable bonds is 2. The minimum absolute atomic E-state index is 0.00325. The Morgan fingerprint density at radius 3 is 2.78 bits per heavy atom. The van der Waals surface area contributed by atoms with Crippen LogP contribution in [-0.2, 0) is 9.53 Å². The summed E-state index contributed by atoms with van der Waals surface area (Å²) in [5.41, 5.74) is 1.19. The first-order chi connectivity index (χ1) is 11.3. The van der Waals surface area contributed by atoms with Crippen molar-refractivity contribution in [3.8, 4) is 0 Å². The van der Waals surface area contributed by atoms with Crippen LogP contribution in [0.5, 0.6) is 0 Å². The molecule has 3 fully saturated rings. The molecule has 0 aliphatic carbocycles. The Morgan fingerprint density at radius 1 is 1.22 bits per heavy atom. The van der Waals surface area contributed by atoms with E-state index in [9.17, 15) is 4.79 Å². The quantitative estimate of drug-likeness (QED) is 0.678. The topological polar surface area (TPSA) is 78.5 Å². The van der Waals surface area contributed by atoms with E-state index in [-0.39, 0.29) is 30.2 Å². The second-order valence-electron chi connectivity index (χ2n) is 6.36. The van der Waals surface area contributed by atoms with Crippen LogP contribution in [0.1, 0.15) is 17.9 Å². The van der Waals surface area contributed by atoms with Crippen molar-refractivity contribution in [3.63, 3.8) is 0 Å². The monoisotopic (exact) mass is 317 g/mol. The lowest BCUT2D eigenvalue weighted by Gasteiger charge is -2.47. The van der Waals surface area contributed by atoms with Gasteiger partial charge in [0.25, 0.3) is 0 Å². The highest BCUT2D eigenvalue weighted by atomic mass is 16.5. The third-order valence-corrected chi connectivity index (χ3v) is 5.08. The number of hydrogen-bond donors (Lipinski definition) is 3. The molecule has 0 aromatic carbocycles. The number of nitrogens with zero attached hydrogens (tertiary/aromatic N) is 2. The highest BCUT2D eigenvalue weighted by Gasteiger charge is 2.44. The number of carbonyl (C=O) groups is 1. The standard InChI is InChI=1S/C16H23N5O2/c22-15-13-12(11-1-4-17-5-2-11)3-6-18-14(13)19-16(20-15)21-7-9-23-10-8-21/h1-2,4-5,12-14,16,18-19H,3,6-10H2,(H,20,22). The molecule has 7 heteroatoms. The van der Waals surface area contributed by atoms with E-state index in [1.807, 2.05) is 12.1 Å². The van der Waals surface area contributed by atoms with Crippen molar-refractivity contribution < 1.29 is 9.53 Å². The van der Waals surface area contributed by atoms with E-state index in [1.165, 1.54) is 5.56 Å². The van der Waals surface area contributed by atoms with Gasteiger partial charge < -0.3 is 15.4 Å². The van der Waals surface area contributed by atoms with Crippen LogP contribution >= 0.6 is 0 Å². The summed E-state index contributed by atoms with van der Waals surface area (Å²) < 4.78 is 5.40. The van der Waals surface area contributed by atoms with Gasteiger partial charge in [-0.1, -0.05) is 0 Å². The van der Waals surface area contributed by atoms with E-state index >= 15 is 0 Å². The summed E-state index contributed by atoms with van der Waals surface area (Å²) in [4.78, 5) is 19.1. The van der Waals surface area contributed by atoms with Crippen molar-refractivity contribution in [1.29, 1.82) is 0 Å². The second kappa shape index (κ2) is 6.52. The normalized spacial score (nSPS) is 35.4. The molecule has 3 N–H and O–H groups in total. The molecule has 4 unspecified atom stereocenters. The van der Waals surface area contributed by atoms with Gasteiger partial charge >= 0.3 is 0 Å². The fraction of sp³-hybridized carbons (Fsp3) is 0.625. The largest absolute Gasteiger partial charge is 0.379 e. The highest BCUT2D eigenvalue weighted by molar-refractivity contribution is 5.81. The minimum Gasteiger partial charge on any atom is -0.379 e. The summed E-state index contributed by atoms with van der Waals surface area (Å²) in [6.45, 7) is 4.01. The number of aromatic nitrogens is 1. The molecule has 124 valence electrons. The lowest BCUT2D eigenvalue weighted by molar-refractivity contribution is -0.137. The SMILES string of the molecule is O=C1NC(N2CCOCC2)NC2NCCC(c3ccncc3)C12. The van der Waals surface area contributed by atoms with Crippen molar-refractivity contribution in [1.82, 2.24) is 25.8 Å². The third-order valence-electron chi connectivity index (χ3n) is 5.08. The predicted octanol–water partition coefficient (Wildman–Crippen LogP) is -0.564. The zero-order valence-electron chi connectivity index (χ0n) is 13.1. The fourth-order valence-electron chi connectivity index (χ4n) is 3.89. The molecule has 0 radical (unpaired) electrons. The van der Waals surface area contributed by atoms with Crippen molar-refractivity contribution in [3.05, 3.63) is 30.1 Å². The lowest BCUT2D eigenvalue weighted by Crippen LogP contribution is -2.73. The number of fused-ring (bicyclic) bond motifs is 1. The Balaban J connectivity index is 1.52. The van der Waals surface area contributed by atoms with Gasteiger partial charge in [0.2, 0.25) is 5.91 Å². The Kier molecular flexibility index (Phi) is 4.26. The number of pyridine rings is 1. The maximum Gasteiger partial charge on any atom is 0.228 e. The summed E-state index contributed by atoms with van der Waals surface area (Å²) in [5.74, 6) is 0.255. The number of carbonyl (C=O) groups excluding carboxylic acids is 1. The minimum atomic E-state index is -0.114. The molecule has 0 spiro atoms. The molecule has 1 aromatic heterocycles. The molecule has 23 heavy (non-hydrogen) atoms. The molecule has 3 saturated heterocycles. The van der Waals surface area contributed by atoms with Gasteiger partial charge in [-0.2, -0.15) is 0 Å². The van der Waals surface area contributed by atoms with Gasteiger partial charge in [-0.05, 0) is 36.6 Å². The summed E-state index contributed by atoms with van der Waals surface area (Å²) in [6.07, 6.45) is 4.45. The molecule has 3 aliphatic heterocycles. The van der Waals surface area contributed by atoms with Gasteiger partial charge in [0.1, 0.15) is 6.29 Å². The number of piperidine rings is 1. The predicted molar refractivity (Wildman–Crippen MR) is 84.3 cm³/mol. The van der Waals surface area contributed by atoms with Crippen molar-refractivity contribution in [2.45, 2.75) is 24.8 Å².